The van der Waals surface area contributed by atoms with E-state index in [0.717, 1.165) is 12.8 Å². The Morgan fingerprint density at radius 1 is 1.33 bits per heavy atom. The van der Waals surface area contributed by atoms with Crippen molar-refractivity contribution < 1.29 is 14.7 Å². The van der Waals surface area contributed by atoms with Gasteiger partial charge in [-0.25, -0.2) is 0 Å². The fourth-order valence-corrected chi connectivity index (χ4v) is 4.13. The molecule has 7 nitrogen and oxygen atoms in total. The van der Waals surface area contributed by atoms with Crippen LogP contribution in [0.15, 0.2) is 6.07 Å². The second-order valence-corrected chi connectivity index (χ2v) is 7.41. The Balaban J connectivity index is 1.50. The van der Waals surface area contributed by atoms with Gasteiger partial charge in [0.05, 0.1) is 12.6 Å². The lowest BCUT2D eigenvalue weighted by molar-refractivity contribution is 0.0894. The van der Waals surface area contributed by atoms with Gasteiger partial charge in [0.25, 0.3) is 11.8 Å². The minimum absolute atomic E-state index is 0.0553. The minimum atomic E-state index is -0.692. The first-order valence-electron chi connectivity index (χ1n) is 8.94. The summed E-state index contributed by atoms with van der Waals surface area (Å²) in [6.45, 7) is 0.420. The number of amides is 2. The molecule has 1 atom stereocenters. The molecule has 1 aromatic heterocycles. The van der Waals surface area contributed by atoms with Crippen LogP contribution in [-0.2, 0) is 6.54 Å². The Morgan fingerprint density at radius 3 is 2.79 bits per heavy atom. The summed E-state index contributed by atoms with van der Waals surface area (Å²) in [5, 5.41) is 19.9. The maximum absolute atomic E-state index is 12.7. The molecule has 1 unspecified atom stereocenters. The molecule has 2 heterocycles. The number of rotatable bonds is 3. The van der Waals surface area contributed by atoms with Crippen molar-refractivity contribution in [1.29, 1.82) is 0 Å². The Labute approximate surface area is 140 Å². The molecule has 24 heavy (non-hydrogen) atoms. The summed E-state index contributed by atoms with van der Waals surface area (Å²) in [4.78, 5) is 24.7. The van der Waals surface area contributed by atoms with Gasteiger partial charge in [-0.05, 0) is 31.6 Å². The van der Waals surface area contributed by atoms with Crippen LogP contribution in [-0.4, -0.2) is 44.9 Å². The SMILES string of the molecule is O=C(NC1(C2CCCCC2)CC1)c1cc2n(n1)CC(O)CNC2=O. The molecular formula is C17H24N4O3. The second kappa shape index (κ2) is 5.88. The van der Waals surface area contributed by atoms with Gasteiger partial charge >= 0.3 is 0 Å². The zero-order valence-corrected chi connectivity index (χ0v) is 13.8. The van der Waals surface area contributed by atoms with E-state index in [1.165, 1.54) is 42.9 Å². The topological polar surface area (TPSA) is 96.2 Å². The van der Waals surface area contributed by atoms with Crippen LogP contribution in [0.3, 0.4) is 0 Å². The third kappa shape index (κ3) is 2.81. The molecule has 2 aliphatic carbocycles. The molecule has 1 aliphatic heterocycles. The maximum Gasteiger partial charge on any atom is 0.272 e. The first-order chi connectivity index (χ1) is 11.6. The molecule has 130 valence electrons. The Hall–Kier alpha value is -1.89. The van der Waals surface area contributed by atoms with Gasteiger partial charge in [-0.3, -0.25) is 14.3 Å². The van der Waals surface area contributed by atoms with Gasteiger partial charge in [-0.1, -0.05) is 19.3 Å². The molecule has 1 aromatic rings. The summed E-state index contributed by atoms with van der Waals surface area (Å²) in [6, 6.07) is 1.53. The van der Waals surface area contributed by atoms with Gasteiger partial charge in [0.15, 0.2) is 5.69 Å². The van der Waals surface area contributed by atoms with Crippen LogP contribution in [0.25, 0.3) is 0 Å². The summed E-state index contributed by atoms with van der Waals surface area (Å²) in [5.41, 5.74) is 0.538. The summed E-state index contributed by atoms with van der Waals surface area (Å²) >= 11 is 0. The molecular weight excluding hydrogens is 308 g/mol. The quantitative estimate of drug-likeness (QED) is 0.764. The molecule has 2 amide bonds. The van der Waals surface area contributed by atoms with Crippen LogP contribution in [0.1, 0.15) is 65.9 Å². The predicted octanol–water partition coefficient (Wildman–Crippen LogP) is 0.830. The van der Waals surface area contributed by atoms with Crippen LogP contribution in [0.4, 0.5) is 0 Å². The fourth-order valence-electron chi connectivity index (χ4n) is 4.13. The Morgan fingerprint density at radius 2 is 2.08 bits per heavy atom. The molecule has 4 rings (SSSR count). The van der Waals surface area contributed by atoms with E-state index in [4.69, 9.17) is 0 Å². The average molecular weight is 332 g/mol. The standard InChI is InChI=1S/C17H24N4O3/c22-12-9-18-16(24)14-8-13(20-21(14)10-12)15(23)19-17(6-7-17)11-4-2-1-3-5-11/h8,11-12,22H,1-7,9-10H2,(H,18,24)(H,19,23). The van der Waals surface area contributed by atoms with E-state index in [9.17, 15) is 14.7 Å². The molecule has 0 bridgehead atoms. The molecule has 2 fully saturated rings. The van der Waals surface area contributed by atoms with Crippen molar-refractivity contribution >= 4 is 11.8 Å². The fraction of sp³-hybridized carbons (Fsp3) is 0.706. The van der Waals surface area contributed by atoms with Crippen LogP contribution in [0.5, 0.6) is 0 Å². The number of aliphatic hydroxyl groups is 1. The number of hydrogen-bond donors (Lipinski definition) is 3. The summed E-state index contributed by atoms with van der Waals surface area (Å²) in [5.74, 6) is 0.0632. The normalized spacial score (nSPS) is 26.2. The number of aromatic nitrogens is 2. The highest BCUT2D eigenvalue weighted by Gasteiger charge is 2.50. The number of carbonyl (C=O) groups is 2. The Bertz CT molecular complexity index is 659. The molecule has 0 saturated heterocycles. The van der Waals surface area contributed by atoms with Crippen molar-refractivity contribution in [3.63, 3.8) is 0 Å². The highest BCUT2D eigenvalue weighted by Crippen LogP contribution is 2.48. The van der Waals surface area contributed by atoms with Crippen molar-refractivity contribution in [2.75, 3.05) is 6.54 Å². The lowest BCUT2D eigenvalue weighted by Crippen LogP contribution is -2.43. The van der Waals surface area contributed by atoms with E-state index >= 15 is 0 Å². The van der Waals surface area contributed by atoms with Crippen LogP contribution < -0.4 is 10.6 Å². The van der Waals surface area contributed by atoms with Crippen molar-refractivity contribution in [1.82, 2.24) is 20.4 Å². The van der Waals surface area contributed by atoms with Gasteiger partial charge in [-0.15, -0.1) is 0 Å². The van der Waals surface area contributed by atoms with E-state index in [-0.39, 0.29) is 36.1 Å². The van der Waals surface area contributed by atoms with Crippen LogP contribution in [0, 0.1) is 5.92 Å². The number of nitrogens with zero attached hydrogens (tertiary/aromatic N) is 2. The zero-order valence-electron chi connectivity index (χ0n) is 13.8. The summed E-state index contributed by atoms with van der Waals surface area (Å²) < 4.78 is 1.43. The number of fused-ring (bicyclic) bond motifs is 1. The van der Waals surface area contributed by atoms with Gasteiger partial charge < -0.3 is 15.7 Å². The number of hydrogen-bond acceptors (Lipinski definition) is 4. The highest BCUT2D eigenvalue weighted by molar-refractivity contribution is 5.98. The highest BCUT2D eigenvalue weighted by atomic mass is 16.3. The Kier molecular flexibility index (Phi) is 3.83. The third-order valence-electron chi connectivity index (χ3n) is 5.66. The van der Waals surface area contributed by atoms with Crippen LogP contribution >= 0.6 is 0 Å². The minimum Gasteiger partial charge on any atom is -0.389 e. The average Bonchev–Trinajstić information content (AvgIpc) is 3.27. The van der Waals surface area contributed by atoms with Gasteiger partial charge in [0.1, 0.15) is 5.69 Å². The maximum atomic E-state index is 12.7. The van der Waals surface area contributed by atoms with Gasteiger partial charge in [0.2, 0.25) is 0 Å². The summed E-state index contributed by atoms with van der Waals surface area (Å²) in [6.07, 6.45) is 7.56. The van der Waals surface area contributed by atoms with E-state index < -0.39 is 6.10 Å². The zero-order chi connectivity index (χ0) is 16.7. The molecule has 0 aromatic carbocycles. The van der Waals surface area contributed by atoms with Crippen molar-refractivity contribution in [3.05, 3.63) is 17.5 Å². The van der Waals surface area contributed by atoms with E-state index in [2.05, 4.69) is 15.7 Å². The molecule has 2 saturated carbocycles. The molecule has 0 spiro atoms. The number of β-amino-alcohol motifs (C(OH)–C–C–N with tert-alkyl or cyclic N) is 1. The van der Waals surface area contributed by atoms with E-state index in [1.54, 1.807) is 0 Å². The number of aliphatic hydroxyl groups excluding tert-OH is 1. The number of nitrogens with one attached hydrogen (secondary N) is 2. The molecule has 7 heteroatoms. The molecule has 3 N–H and O–H groups in total. The van der Waals surface area contributed by atoms with E-state index in [1.807, 2.05) is 0 Å². The predicted molar refractivity (Wildman–Crippen MR) is 86.6 cm³/mol. The smallest absolute Gasteiger partial charge is 0.272 e. The first kappa shape index (κ1) is 15.6. The number of carbonyl (C=O) groups excluding carboxylic acids is 2. The molecule has 3 aliphatic rings. The monoisotopic (exact) mass is 332 g/mol. The van der Waals surface area contributed by atoms with Crippen LogP contribution in [0.2, 0.25) is 0 Å². The van der Waals surface area contributed by atoms with Gasteiger partial charge in [-0.2, -0.15) is 5.10 Å². The molecule has 0 radical (unpaired) electrons. The second-order valence-electron chi connectivity index (χ2n) is 7.41. The van der Waals surface area contributed by atoms with Crippen molar-refractivity contribution in [3.8, 4) is 0 Å². The summed E-state index contributed by atoms with van der Waals surface area (Å²) in [7, 11) is 0. The van der Waals surface area contributed by atoms with Crippen molar-refractivity contribution in [2.45, 2.75) is 63.1 Å². The largest absolute Gasteiger partial charge is 0.389 e. The first-order valence-corrected chi connectivity index (χ1v) is 8.94. The van der Waals surface area contributed by atoms with E-state index in [0.29, 0.717) is 11.6 Å². The van der Waals surface area contributed by atoms with Crippen molar-refractivity contribution in [2.24, 2.45) is 5.92 Å². The lowest BCUT2D eigenvalue weighted by Gasteiger charge is -2.31. The van der Waals surface area contributed by atoms with Gasteiger partial charge in [0, 0.05) is 18.2 Å². The third-order valence-corrected chi connectivity index (χ3v) is 5.66. The lowest BCUT2D eigenvalue weighted by atomic mass is 9.82.